The lowest BCUT2D eigenvalue weighted by Gasteiger charge is -2.31. The van der Waals surface area contributed by atoms with Gasteiger partial charge in [-0.15, -0.1) is 0 Å². The smallest absolute Gasteiger partial charge is 0.245 e. The molecule has 0 radical (unpaired) electrons. The number of hydrogen-bond acceptors (Lipinski definition) is 3. The third-order valence-corrected chi connectivity index (χ3v) is 6.15. The molecule has 0 spiro atoms. The number of nitriles is 1. The first-order chi connectivity index (χ1) is 9.95. The Morgan fingerprint density at radius 2 is 1.95 bits per heavy atom. The maximum atomic E-state index is 12.6. The van der Waals surface area contributed by atoms with E-state index in [1.807, 2.05) is 0 Å². The molecule has 1 aliphatic rings. The zero-order valence-electron chi connectivity index (χ0n) is 11.3. The molecule has 0 aliphatic carbocycles. The molecule has 1 aliphatic heterocycles. The van der Waals surface area contributed by atoms with Crippen molar-refractivity contribution >= 4 is 33.2 Å². The van der Waals surface area contributed by atoms with Gasteiger partial charge < -0.3 is 4.90 Å². The average Bonchev–Trinajstić information content (AvgIpc) is 2.48. The van der Waals surface area contributed by atoms with Gasteiger partial charge in [0.25, 0.3) is 0 Å². The third-order valence-electron chi connectivity index (χ3n) is 3.53. The lowest BCUT2D eigenvalue weighted by molar-refractivity contribution is -0.903. The fourth-order valence-electron chi connectivity index (χ4n) is 2.34. The highest BCUT2D eigenvalue weighted by molar-refractivity contribution is 7.89. The van der Waals surface area contributed by atoms with Gasteiger partial charge in [0.2, 0.25) is 10.0 Å². The van der Waals surface area contributed by atoms with Gasteiger partial charge in [0, 0.05) is 5.02 Å². The van der Waals surface area contributed by atoms with E-state index in [9.17, 15) is 8.42 Å². The first-order valence-electron chi connectivity index (χ1n) is 6.61. The molecule has 21 heavy (non-hydrogen) atoms. The third kappa shape index (κ3) is 3.87. The summed E-state index contributed by atoms with van der Waals surface area (Å²) in [6.07, 6.45) is 0.488. The van der Waals surface area contributed by atoms with Gasteiger partial charge in [-0.25, -0.2) is 8.42 Å². The van der Waals surface area contributed by atoms with Crippen molar-refractivity contribution in [2.24, 2.45) is 0 Å². The lowest BCUT2D eigenvalue weighted by atomic mass is 10.3. The van der Waals surface area contributed by atoms with Crippen LogP contribution in [-0.2, 0) is 10.0 Å². The van der Waals surface area contributed by atoms with E-state index in [4.69, 9.17) is 28.5 Å². The van der Waals surface area contributed by atoms with Gasteiger partial charge in [-0.3, -0.25) is 0 Å². The number of nitrogens with zero attached hydrogens (tertiary/aromatic N) is 2. The van der Waals surface area contributed by atoms with E-state index in [2.05, 4.69) is 6.07 Å². The highest BCUT2D eigenvalue weighted by Crippen LogP contribution is 2.27. The van der Waals surface area contributed by atoms with Crippen molar-refractivity contribution < 1.29 is 13.3 Å². The van der Waals surface area contributed by atoms with Crippen LogP contribution in [0.4, 0.5) is 0 Å². The molecule has 1 aromatic rings. The second kappa shape index (κ2) is 6.95. The van der Waals surface area contributed by atoms with Crippen molar-refractivity contribution in [3.05, 3.63) is 28.2 Å². The molecule has 1 heterocycles. The summed E-state index contributed by atoms with van der Waals surface area (Å²) in [7, 11) is -3.62. The van der Waals surface area contributed by atoms with Crippen molar-refractivity contribution in [1.29, 1.82) is 5.26 Å². The summed E-state index contributed by atoms with van der Waals surface area (Å²) < 4.78 is 26.6. The number of halogens is 2. The monoisotopic (exact) mass is 348 g/mol. The number of nitrogens with one attached hydrogen (secondary N) is 1. The van der Waals surface area contributed by atoms with E-state index < -0.39 is 10.0 Å². The molecule has 0 amide bonds. The molecular formula is C13H16Cl2N3O2S+. The Morgan fingerprint density at radius 3 is 2.57 bits per heavy atom. The van der Waals surface area contributed by atoms with Crippen LogP contribution in [0.25, 0.3) is 0 Å². The standard InChI is InChI=1S/C13H15Cl2N3O2S/c14-11-2-3-12(15)13(10-11)21(19,20)18-8-6-17(7-9-18)5-1-4-16/h2-3,10H,1,5-9H2/p+1. The molecule has 1 aromatic carbocycles. The van der Waals surface area contributed by atoms with Crippen LogP contribution >= 0.6 is 23.2 Å². The lowest BCUT2D eigenvalue weighted by Crippen LogP contribution is -3.14. The molecule has 1 N–H and O–H groups in total. The Balaban J connectivity index is 2.12. The topological polar surface area (TPSA) is 65.6 Å². The number of hydrogen-bond donors (Lipinski definition) is 1. The van der Waals surface area contributed by atoms with Gasteiger partial charge in [-0.2, -0.15) is 9.57 Å². The van der Waals surface area contributed by atoms with E-state index in [1.54, 1.807) is 6.07 Å². The van der Waals surface area contributed by atoms with E-state index >= 15 is 0 Å². The maximum absolute atomic E-state index is 12.6. The first kappa shape index (κ1) is 16.5. The zero-order valence-corrected chi connectivity index (χ0v) is 13.7. The predicted molar refractivity (Wildman–Crippen MR) is 81.0 cm³/mol. The molecule has 0 saturated carbocycles. The highest BCUT2D eigenvalue weighted by Gasteiger charge is 2.31. The van der Waals surface area contributed by atoms with Gasteiger partial charge in [0.15, 0.2) is 0 Å². The second-order valence-corrected chi connectivity index (χ2v) is 7.64. The minimum absolute atomic E-state index is 0.0529. The zero-order chi connectivity index (χ0) is 15.5. The molecule has 114 valence electrons. The summed E-state index contributed by atoms with van der Waals surface area (Å²) in [6.45, 7) is 2.98. The van der Waals surface area contributed by atoms with Crippen LogP contribution in [0.5, 0.6) is 0 Å². The summed E-state index contributed by atoms with van der Waals surface area (Å²) in [6, 6.07) is 6.55. The minimum atomic E-state index is -3.62. The molecule has 2 rings (SSSR count). The van der Waals surface area contributed by atoms with Crippen LogP contribution in [0.1, 0.15) is 6.42 Å². The summed E-state index contributed by atoms with van der Waals surface area (Å²) in [5.41, 5.74) is 0. The predicted octanol–water partition coefficient (Wildman–Crippen LogP) is 0.796. The van der Waals surface area contributed by atoms with Gasteiger partial charge in [0.1, 0.15) is 4.90 Å². The maximum Gasteiger partial charge on any atom is 0.245 e. The van der Waals surface area contributed by atoms with E-state index in [0.29, 0.717) is 37.6 Å². The quantitative estimate of drug-likeness (QED) is 0.874. The summed E-state index contributed by atoms with van der Waals surface area (Å²) in [4.78, 5) is 1.30. The van der Waals surface area contributed by atoms with E-state index in [-0.39, 0.29) is 9.92 Å². The van der Waals surface area contributed by atoms with Crippen molar-refractivity contribution in [2.75, 3.05) is 32.7 Å². The average molecular weight is 349 g/mol. The summed E-state index contributed by atoms with van der Waals surface area (Å²) in [5, 5.41) is 9.11. The molecule has 1 saturated heterocycles. The van der Waals surface area contributed by atoms with Gasteiger partial charge in [-0.05, 0) is 18.2 Å². The van der Waals surface area contributed by atoms with E-state index in [0.717, 1.165) is 6.54 Å². The molecule has 0 bridgehead atoms. The van der Waals surface area contributed by atoms with Gasteiger partial charge in [0.05, 0.1) is 50.2 Å². The Hall–Kier alpha value is -0.840. The number of piperazine rings is 1. The van der Waals surface area contributed by atoms with Crippen molar-refractivity contribution in [2.45, 2.75) is 11.3 Å². The number of sulfonamides is 1. The van der Waals surface area contributed by atoms with Crippen LogP contribution in [0.2, 0.25) is 10.0 Å². The van der Waals surface area contributed by atoms with Gasteiger partial charge >= 0.3 is 0 Å². The molecule has 0 unspecified atom stereocenters. The molecule has 0 atom stereocenters. The van der Waals surface area contributed by atoms with Crippen molar-refractivity contribution in [3.63, 3.8) is 0 Å². The normalized spacial score (nSPS) is 17.6. The largest absolute Gasteiger partial charge is 0.332 e. The van der Waals surface area contributed by atoms with Crippen LogP contribution in [-0.4, -0.2) is 45.4 Å². The first-order valence-corrected chi connectivity index (χ1v) is 8.80. The highest BCUT2D eigenvalue weighted by atomic mass is 35.5. The SMILES string of the molecule is N#CCC[NH+]1CCN(S(=O)(=O)c2cc(Cl)ccc2Cl)CC1. The fourth-order valence-corrected chi connectivity index (χ4v) is 4.52. The molecule has 5 nitrogen and oxygen atoms in total. The summed E-state index contributed by atoms with van der Waals surface area (Å²) >= 11 is 11.9. The van der Waals surface area contributed by atoms with E-state index in [1.165, 1.54) is 21.3 Å². The van der Waals surface area contributed by atoms with Crippen LogP contribution in [0.15, 0.2) is 23.1 Å². The number of quaternary nitrogens is 1. The second-order valence-electron chi connectivity index (χ2n) is 4.89. The Kier molecular flexibility index (Phi) is 5.47. The van der Waals surface area contributed by atoms with Crippen LogP contribution in [0.3, 0.4) is 0 Å². The number of rotatable bonds is 4. The molecule has 8 heteroatoms. The molecular weight excluding hydrogens is 333 g/mol. The van der Waals surface area contributed by atoms with Crippen LogP contribution < -0.4 is 4.90 Å². The van der Waals surface area contributed by atoms with Crippen molar-refractivity contribution in [1.82, 2.24) is 4.31 Å². The summed E-state index contributed by atoms with van der Waals surface area (Å²) in [5.74, 6) is 0. The number of benzene rings is 1. The van der Waals surface area contributed by atoms with Crippen LogP contribution in [0, 0.1) is 11.3 Å². The molecule has 0 aromatic heterocycles. The molecule has 1 fully saturated rings. The Labute approximate surface area is 134 Å². The Bertz CT molecular complexity index is 650. The fraction of sp³-hybridized carbons (Fsp3) is 0.462. The van der Waals surface area contributed by atoms with Crippen molar-refractivity contribution in [3.8, 4) is 6.07 Å². The van der Waals surface area contributed by atoms with Gasteiger partial charge in [-0.1, -0.05) is 23.2 Å². The minimum Gasteiger partial charge on any atom is -0.332 e. The Morgan fingerprint density at radius 1 is 1.29 bits per heavy atom.